The van der Waals surface area contributed by atoms with E-state index in [2.05, 4.69) is 32.0 Å². The van der Waals surface area contributed by atoms with Crippen LogP contribution in [0.3, 0.4) is 0 Å². The number of benzene rings is 2. The van der Waals surface area contributed by atoms with Crippen molar-refractivity contribution in [2.75, 3.05) is 16.0 Å². The standard InChI is InChI=1S/C19H16N6O/c1-13(26)23-15-6-4-7-16(9-15)24-18-10-19(22-12-21-18)25-17-8-3-2-5-14(17)11-20/h2-10,12H,1H3,(H,23,26)(H2,21,22,24,25). The summed E-state index contributed by atoms with van der Waals surface area (Å²) in [5.74, 6) is 1.01. The molecule has 0 saturated carbocycles. The summed E-state index contributed by atoms with van der Waals surface area (Å²) in [6, 6.07) is 18.4. The molecule has 1 amide bonds. The molecule has 0 aliphatic rings. The van der Waals surface area contributed by atoms with Crippen molar-refractivity contribution in [1.82, 2.24) is 9.97 Å². The molecule has 0 aliphatic carbocycles. The number of nitriles is 1. The van der Waals surface area contributed by atoms with Crippen LogP contribution in [0.15, 0.2) is 60.9 Å². The lowest BCUT2D eigenvalue weighted by molar-refractivity contribution is -0.114. The van der Waals surface area contributed by atoms with E-state index in [0.29, 0.717) is 28.6 Å². The highest BCUT2D eigenvalue weighted by Gasteiger charge is 2.05. The Balaban J connectivity index is 1.78. The number of anilines is 5. The molecule has 1 heterocycles. The maximum absolute atomic E-state index is 11.2. The number of carbonyl (C=O) groups is 1. The highest BCUT2D eigenvalue weighted by molar-refractivity contribution is 5.89. The topological polar surface area (TPSA) is 103 Å². The lowest BCUT2D eigenvalue weighted by Gasteiger charge is -2.10. The maximum atomic E-state index is 11.2. The van der Waals surface area contributed by atoms with Crippen LogP contribution in [-0.2, 0) is 4.79 Å². The van der Waals surface area contributed by atoms with Gasteiger partial charge in [-0.1, -0.05) is 18.2 Å². The fraction of sp³-hybridized carbons (Fsp3) is 0.0526. The van der Waals surface area contributed by atoms with Gasteiger partial charge in [-0.25, -0.2) is 9.97 Å². The molecule has 7 heteroatoms. The quantitative estimate of drug-likeness (QED) is 0.650. The third-order valence-electron chi connectivity index (χ3n) is 3.43. The van der Waals surface area contributed by atoms with Gasteiger partial charge < -0.3 is 16.0 Å². The zero-order valence-corrected chi connectivity index (χ0v) is 14.0. The third kappa shape index (κ3) is 4.33. The van der Waals surface area contributed by atoms with Gasteiger partial charge in [0.05, 0.1) is 11.3 Å². The van der Waals surface area contributed by atoms with E-state index in [-0.39, 0.29) is 5.91 Å². The summed E-state index contributed by atoms with van der Waals surface area (Å²) in [5, 5.41) is 18.2. The Morgan fingerprint density at radius 2 is 1.69 bits per heavy atom. The van der Waals surface area contributed by atoms with E-state index in [0.717, 1.165) is 5.69 Å². The summed E-state index contributed by atoms with van der Waals surface area (Å²) in [6.45, 7) is 1.46. The van der Waals surface area contributed by atoms with Crippen molar-refractivity contribution in [2.24, 2.45) is 0 Å². The molecule has 3 aromatic rings. The van der Waals surface area contributed by atoms with Gasteiger partial charge >= 0.3 is 0 Å². The van der Waals surface area contributed by atoms with Crippen LogP contribution in [-0.4, -0.2) is 15.9 Å². The van der Waals surface area contributed by atoms with E-state index in [1.165, 1.54) is 13.3 Å². The van der Waals surface area contributed by atoms with Crippen LogP contribution < -0.4 is 16.0 Å². The van der Waals surface area contributed by atoms with Crippen molar-refractivity contribution < 1.29 is 4.79 Å². The molecule has 3 N–H and O–H groups in total. The zero-order chi connectivity index (χ0) is 18.4. The smallest absolute Gasteiger partial charge is 0.221 e. The molecule has 0 bridgehead atoms. The summed E-state index contributed by atoms with van der Waals surface area (Å²) in [4.78, 5) is 19.5. The minimum absolute atomic E-state index is 0.133. The zero-order valence-electron chi connectivity index (χ0n) is 14.0. The number of nitrogens with zero attached hydrogens (tertiary/aromatic N) is 3. The lowest BCUT2D eigenvalue weighted by Crippen LogP contribution is -2.06. The Morgan fingerprint density at radius 3 is 2.46 bits per heavy atom. The number of rotatable bonds is 5. The highest BCUT2D eigenvalue weighted by Crippen LogP contribution is 2.22. The number of amides is 1. The Kier molecular flexibility index (Phi) is 5.05. The second-order valence-electron chi connectivity index (χ2n) is 5.46. The SMILES string of the molecule is CC(=O)Nc1cccc(Nc2cc(Nc3ccccc3C#N)ncn2)c1. The van der Waals surface area contributed by atoms with Crippen LogP contribution in [0.25, 0.3) is 0 Å². The van der Waals surface area contributed by atoms with E-state index >= 15 is 0 Å². The first kappa shape index (κ1) is 16.9. The normalized spacial score (nSPS) is 9.85. The first-order chi connectivity index (χ1) is 12.6. The molecule has 0 spiro atoms. The molecule has 26 heavy (non-hydrogen) atoms. The average molecular weight is 344 g/mol. The van der Waals surface area contributed by atoms with Gasteiger partial charge in [0.25, 0.3) is 0 Å². The number of aromatic nitrogens is 2. The maximum Gasteiger partial charge on any atom is 0.221 e. The third-order valence-corrected chi connectivity index (χ3v) is 3.43. The molecule has 3 rings (SSSR count). The van der Waals surface area contributed by atoms with Crippen LogP contribution in [0, 0.1) is 11.3 Å². The molecule has 0 unspecified atom stereocenters. The van der Waals surface area contributed by atoms with E-state index in [4.69, 9.17) is 5.26 Å². The fourth-order valence-corrected chi connectivity index (χ4v) is 2.35. The first-order valence-electron chi connectivity index (χ1n) is 7.87. The van der Waals surface area contributed by atoms with Crippen molar-refractivity contribution >= 4 is 34.6 Å². The van der Waals surface area contributed by atoms with Gasteiger partial charge in [-0.05, 0) is 30.3 Å². The number of para-hydroxylation sites is 1. The number of hydrogen-bond acceptors (Lipinski definition) is 6. The summed E-state index contributed by atoms with van der Waals surface area (Å²) >= 11 is 0. The van der Waals surface area contributed by atoms with Crippen molar-refractivity contribution in [1.29, 1.82) is 5.26 Å². The van der Waals surface area contributed by atoms with Crippen LogP contribution in [0.2, 0.25) is 0 Å². The second-order valence-corrected chi connectivity index (χ2v) is 5.46. The Hall–Kier alpha value is -3.92. The predicted molar refractivity (Wildman–Crippen MR) is 101 cm³/mol. The van der Waals surface area contributed by atoms with Crippen molar-refractivity contribution in [2.45, 2.75) is 6.92 Å². The molecular formula is C19H16N6O. The van der Waals surface area contributed by atoms with E-state index in [9.17, 15) is 4.79 Å². The van der Waals surface area contributed by atoms with Crippen molar-refractivity contribution in [3.63, 3.8) is 0 Å². The van der Waals surface area contributed by atoms with Crippen molar-refractivity contribution in [3.05, 3.63) is 66.5 Å². The van der Waals surface area contributed by atoms with Crippen molar-refractivity contribution in [3.8, 4) is 6.07 Å². The summed E-state index contributed by atoms with van der Waals surface area (Å²) in [5.41, 5.74) is 2.67. The molecular weight excluding hydrogens is 328 g/mol. The molecule has 0 atom stereocenters. The van der Waals surface area contributed by atoms with Crippen LogP contribution >= 0.6 is 0 Å². The second kappa shape index (κ2) is 7.77. The average Bonchev–Trinajstić information content (AvgIpc) is 2.62. The van der Waals surface area contributed by atoms with E-state index < -0.39 is 0 Å². The number of carbonyl (C=O) groups excluding carboxylic acids is 1. The molecule has 0 saturated heterocycles. The van der Waals surface area contributed by atoms with Gasteiger partial charge in [0, 0.05) is 24.4 Å². The summed E-state index contributed by atoms with van der Waals surface area (Å²) in [6.07, 6.45) is 1.43. The van der Waals surface area contributed by atoms with Gasteiger partial charge in [-0.3, -0.25) is 4.79 Å². The minimum atomic E-state index is -0.133. The summed E-state index contributed by atoms with van der Waals surface area (Å²) in [7, 11) is 0. The van der Waals surface area contributed by atoms with Gasteiger partial charge in [0.1, 0.15) is 24.0 Å². The summed E-state index contributed by atoms with van der Waals surface area (Å²) < 4.78 is 0. The van der Waals surface area contributed by atoms with Crippen LogP contribution in [0.4, 0.5) is 28.7 Å². The Labute approximate surface area is 150 Å². The molecule has 7 nitrogen and oxygen atoms in total. The van der Waals surface area contributed by atoms with Gasteiger partial charge in [0.15, 0.2) is 0 Å². The first-order valence-corrected chi connectivity index (χ1v) is 7.87. The highest BCUT2D eigenvalue weighted by atomic mass is 16.1. The number of nitrogens with one attached hydrogen (secondary N) is 3. The fourth-order valence-electron chi connectivity index (χ4n) is 2.35. The minimum Gasteiger partial charge on any atom is -0.340 e. The molecule has 1 aromatic heterocycles. The lowest BCUT2D eigenvalue weighted by atomic mass is 10.2. The van der Waals surface area contributed by atoms with Crippen LogP contribution in [0.1, 0.15) is 12.5 Å². The molecule has 0 aliphatic heterocycles. The Morgan fingerprint density at radius 1 is 0.962 bits per heavy atom. The number of hydrogen-bond donors (Lipinski definition) is 3. The monoisotopic (exact) mass is 344 g/mol. The van der Waals surface area contributed by atoms with E-state index in [1.54, 1.807) is 24.3 Å². The van der Waals surface area contributed by atoms with Gasteiger partial charge in [0.2, 0.25) is 5.91 Å². The molecule has 0 radical (unpaired) electrons. The van der Waals surface area contributed by atoms with E-state index in [1.807, 2.05) is 30.3 Å². The largest absolute Gasteiger partial charge is 0.340 e. The molecule has 0 fully saturated rings. The molecule has 2 aromatic carbocycles. The Bertz CT molecular complexity index is 980. The predicted octanol–water partition coefficient (Wildman–Crippen LogP) is 3.79. The van der Waals surface area contributed by atoms with Gasteiger partial charge in [-0.2, -0.15) is 5.26 Å². The van der Waals surface area contributed by atoms with Gasteiger partial charge in [-0.15, -0.1) is 0 Å². The van der Waals surface area contributed by atoms with Crippen LogP contribution in [0.5, 0.6) is 0 Å². The molecule has 128 valence electrons.